The third kappa shape index (κ3) is 5.35. The van der Waals surface area contributed by atoms with Crippen molar-refractivity contribution >= 4 is 28.6 Å². The van der Waals surface area contributed by atoms with Crippen LogP contribution in [0.25, 0.3) is 0 Å². The minimum Gasteiger partial charge on any atom is -0.588 e. The SMILES string of the molecule is Cc1ccc(N[S+]([O-])c2cc(NC(=O)c3cnccc3C)ccc2CCO)cc1. The number of aliphatic hydroxyl groups is 1. The van der Waals surface area contributed by atoms with E-state index < -0.39 is 11.4 Å². The number of nitrogens with zero attached hydrogens (tertiary/aromatic N) is 1. The fourth-order valence-corrected chi connectivity index (χ4v) is 3.92. The summed E-state index contributed by atoms with van der Waals surface area (Å²) < 4.78 is 15.9. The van der Waals surface area contributed by atoms with Crippen molar-refractivity contribution in [2.75, 3.05) is 16.6 Å². The van der Waals surface area contributed by atoms with E-state index in [1.54, 1.807) is 30.5 Å². The summed E-state index contributed by atoms with van der Waals surface area (Å²) in [5.74, 6) is -0.284. The van der Waals surface area contributed by atoms with Gasteiger partial charge in [0, 0.05) is 42.7 Å². The van der Waals surface area contributed by atoms with Gasteiger partial charge in [0.15, 0.2) is 4.90 Å². The van der Waals surface area contributed by atoms with E-state index in [1.807, 2.05) is 38.1 Å². The molecular formula is C22H23N3O3S. The molecule has 7 heteroatoms. The van der Waals surface area contributed by atoms with Gasteiger partial charge in [-0.3, -0.25) is 9.78 Å². The molecule has 0 saturated heterocycles. The van der Waals surface area contributed by atoms with Crippen molar-refractivity contribution in [2.24, 2.45) is 0 Å². The van der Waals surface area contributed by atoms with Crippen molar-refractivity contribution in [3.05, 3.63) is 83.2 Å². The third-order valence-electron chi connectivity index (χ3n) is 4.45. The van der Waals surface area contributed by atoms with Gasteiger partial charge in [-0.05, 0) is 43.7 Å². The van der Waals surface area contributed by atoms with Crippen LogP contribution in [0.5, 0.6) is 0 Å². The molecule has 6 nitrogen and oxygen atoms in total. The summed E-state index contributed by atoms with van der Waals surface area (Å²) in [5, 5.41) is 12.2. The lowest BCUT2D eigenvalue weighted by Crippen LogP contribution is -2.18. The first-order valence-electron chi connectivity index (χ1n) is 9.19. The minimum atomic E-state index is -1.55. The van der Waals surface area contributed by atoms with Crippen molar-refractivity contribution < 1.29 is 14.5 Å². The van der Waals surface area contributed by atoms with Gasteiger partial charge in [0.2, 0.25) is 0 Å². The van der Waals surface area contributed by atoms with Gasteiger partial charge in [0.1, 0.15) is 11.4 Å². The number of hydrogen-bond acceptors (Lipinski definition) is 5. The summed E-state index contributed by atoms with van der Waals surface area (Å²) in [7, 11) is 0. The molecule has 0 aliphatic rings. The molecule has 1 atom stereocenters. The number of aromatic nitrogens is 1. The van der Waals surface area contributed by atoms with E-state index in [2.05, 4.69) is 15.0 Å². The fraction of sp³-hybridized carbons (Fsp3) is 0.182. The summed E-state index contributed by atoms with van der Waals surface area (Å²) >= 11 is -1.55. The normalized spacial score (nSPS) is 11.7. The minimum absolute atomic E-state index is 0.0602. The van der Waals surface area contributed by atoms with E-state index in [0.29, 0.717) is 22.6 Å². The number of hydrogen-bond donors (Lipinski definition) is 3. The largest absolute Gasteiger partial charge is 0.588 e. The van der Waals surface area contributed by atoms with Crippen molar-refractivity contribution in [1.82, 2.24) is 4.98 Å². The Hall–Kier alpha value is -2.87. The molecule has 2 aromatic carbocycles. The summed E-state index contributed by atoms with van der Waals surface area (Å²) in [6.45, 7) is 3.76. The Balaban J connectivity index is 1.84. The van der Waals surface area contributed by atoms with Crippen LogP contribution >= 0.6 is 0 Å². The van der Waals surface area contributed by atoms with Gasteiger partial charge < -0.3 is 15.0 Å². The zero-order valence-corrected chi connectivity index (χ0v) is 17.1. The predicted molar refractivity (Wildman–Crippen MR) is 115 cm³/mol. The number of anilines is 2. The molecule has 3 aromatic rings. The highest BCUT2D eigenvalue weighted by molar-refractivity contribution is 7.92. The topological polar surface area (TPSA) is 97.3 Å². The molecule has 0 spiro atoms. The molecule has 3 rings (SSSR count). The Morgan fingerprint density at radius 2 is 1.83 bits per heavy atom. The molecule has 0 saturated carbocycles. The number of benzene rings is 2. The Morgan fingerprint density at radius 3 is 2.52 bits per heavy atom. The van der Waals surface area contributed by atoms with Crippen LogP contribution in [0.4, 0.5) is 11.4 Å². The molecule has 1 amide bonds. The van der Waals surface area contributed by atoms with Crippen LogP contribution in [0.2, 0.25) is 0 Å². The van der Waals surface area contributed by atoms with Gasteiger partial charge in [-0.1, -0.05) is 23.8 Å². The first-order chi connectivity index (χ1) is 14.0. The van der Waals surface area contributed by atoms with Gasteiger partial charge in [0.25, 0.3) is 5.91 Å². The Labute approximate surface area is 173 Å². The summed E-state index contributed by atoms with van der Waals surface area (Å²) in [5.41, 5.74) is 4.41. The summed E-state index contributed by atoms with van der Waals surface area (Å²) in [6, 6.07) is 14.5. The molecule has 1 unspecified atom stereocenters. The highest BCUT2D eigenvalue weighted by Gasteiger charge is 2.19. The Morgan fingerprint density at radius 1 is 1.10 bits per heavy atom. The zero-order valence-electron chi connectivity index (χ0n) is 16.3. The summed E-state index contributed by atoms with van der Waals surface area (Å²) in [6.07, 6.45) is 3.52. The molecular weight excluding hydrogens is 386 g/mol. The van der Waals surface area contributed by atoms with Crippen LogP contribution in [0.1, 0.15) is 27.0 Å². The third-order valence-corrected chi connectivity index (χ3v) is 5.65. The fourth-order valence-electron chi connectivity index (χ4n) is 2.82. The van der Waals surface area contributed by atoms with Crippen LogP contribution < -0.4 is 10.0 Å². The molecule has 1 aromatic heterocycles. The number of nitrogens with one attached hydrogen (secondary N) is 2. The lowest BCUT2D eigenvalue weighted by Gasteiger charge is -2.16. The van der Waals surface area contributed by atoms with Crippen molar-refractivity contribution in [2.45, 2.75) is 25.2 Å². The zero-order chi connectivity index (χ0) is 20.8. The molecule has 3 N–H and O–H groups in total. The molecule has 0 radical (unpaired) electrons. The van der Waals surface area contributed by atoms with Crippen LogP contribution in [0, 0.1) is 13.8 Å². The number of carbonyl (C=O) groups excluding carboxylic acids is 1. The van der Waals surface area contributed by atoms with E-state index in [4.69, 9.17) is 0 Å². The van der Waals surface area contributed by atoms with Crippen molar-refractivity contribution in [3.63, 3.8) is 0 Å². The molecule has 150 valence electrons. The highest BCUT2D eigenvalue weighted by atomic mass is 32.2. The summed E-state index contributed by atoms with van der Waals surface area (Å²) in [4.78, 5) is 17.1. The lowest BCUT2D eigenvalue weighted by atomic mass is 10.1. The Kier molecular flexibility index (Phi) is 6.87. The maximum atomic E-state index is 13.0. The number of carbonyl (C=O) groups is 1. The van der Waals surface area contributed by atoms with E-state index in [9.17, 15) is 14.5 Å². The molecule has 0 fully saturated rings. The average Bonchev–Trinajstić information content (AvgIpc) is 2.71. The first kappa shape index (κ1) is 20.9. The van der Waals surface area contributed by atoms with Gasteiger partial charge in [-0.15, -0.1) is 0 Å². The Bertz CT molecular complexity index is 993. The van der Waals surface area contributed by atoms with E-state index in [1.165, 1.54) is 6.20 Å². The number of aryl methyl sites for hydroxylation is 2. The van der Waals surface area contributed by atoms with Crippen molar-refractivity contribution in [3.8, 4) is 0 Å². The van der Waals surface area contributed by atoms with Gasteiger partial charge >= 0.3 is 0 Å². The highest BCUT2D eigenvalue weighted by Crippen LogP contribution is 2.25. The van der Waals surface area contributed by atoms with Crippen LogP contribution in [0.15, 0.2) is 65.8 Å². The van der Waals surface area contributed by atoms with Crippen molar-refractivity contribution in [1.29, 1.82) is 0 Å². The molecule has 0 aliphatic carbocycles. The van der Waals surface area contributed by atoms with E-state index in [0.717, 1.165) is 22.4 Å². The molecule has 0 aliphatic heterocycles. The number of pyridine rings is 1. The van der Waals surface area contributed by atoms with Gasteiger partial charge in [-0.2, -0.15) is 0 Å². The van der Waals surface area contributed by atoms with Crippen LogP contribution in [-0.4, -0.2) is 27.2 Å². The van der Waals surface area contributed by atoms with Crippen LogP contribution in [-0.2, 0) is 17.8 Å². The number of rotatable bonds is 7. The monoisotopic (exact) mass is 409 g/mol. The smallest absolute Gasteiger partial charge is 0.257 e. The second-order valence-electron chi connectivity index (χ2n) is 6.68. The maximum absolute atomic E-state index is 13.0. The van der Waals surface area contributed by atoms with Gasteiger partial charge in [-0.25, -0.2) is 4.72 Å². The number of amides is 1. The molecule has 29 heavy (non-hydrogen) atoms. The average molecular weight is 410 g/mol. The maximum Gasteiger partial charge on any atom is 0.257 e. The second-order valence-corrected chi connectivity index (χ2v) is 7.86. The van der Waals surface area contributed by atoms with E-state index >= 15 is 0 Å². The standard InChI is InChI=1S/C22H23N3O3S/c1-15-3-6-18(7-4-15)25-29(28)21-13-19(8-5-17(21)10-12-26)24-22(27)20-14-23-11-9-16(20)2/h3-9,11,13-14,25-26H,10,12H2,1-2H3,(H,24,27). The number of aliphatic hydroxyl groups excluding tert-OH is 1. The molecule has 0 bridgehead atoms. The quantitative estimate of drug-likeness (QED) is 0.518. The first-order valence-corrected chi connectivity index (χ1v) is 10.3. The second kappa shape index (κ2) is 9.56. The molecule has 1 heterocycles. The predicted octanol–water partition coefficient (Wildman–Crippen LogP) is 3.62. The van der Waals surface area contributed by atoms with E-state index in [-0.39, 0.29) is 12.5 Å². The van der Waals surface area contributed by atoms with Gasteiger partial charge in [0.05, 0.1) is 11.3 Å². The lowest BCUT2D eigenvalue weighted by molar-refractivity contribution is 0.102. The van der Waals surface area contributed by atoms with Crippen LogP contribution in [0.3, 0.4) is 0 Å².